The van der Waals surface area contributed by atoms with Crippen molar-refractivity contribution in [1.29, 1.82) is 0 Å². The van der Waals surface area contributed by atoms with E-state index in [0.717, 1.165) is 0 Å². The Bertz CT molecular complexity index is 488. The van der Waals surface area contributed by atoms with Crippen LogP contribution in [-0.4, -0.2) is 42.9 Å². The van der Waals surface area contributed by atoms with E-state index in [0.29, 0.717) is 0 Å². The van der Waals surface area contributed by atoms with E-state index in [1.807, 2.05) is 0 Å². The molecular weight excluding hydrogens is 279 g/mol. The highest BCUT2D eigenvalue weighted by molar-refractivity contribution is 6.04. The summed E-state index contributed by atoms with van der Waals surface area (Å²) in [7, 11) is 0. The summed E-state index contributed by atoms with van der Waals surface area (Å²) in [6, 6.07) is 5.53. The number of carbonyl (C=O) groups excluding carboxylic acids is 1. The molecule has 0 unspecified atom stereocenters. The van der Waals surface area contributed by atoms with Crippen molar-refractivity contribution in [2.24, 2.45) is 0 Å². The molecule has 0 heterocycles. The molecule has 20 heavy (non-hydrogen) atoms. The summed E-state index contributed by atoms with van der Waals surface area (Å²) < 4.78 is 39.6. The van der Waals surface area contributed by atoms with E-state index >= 15 is 0 Å². The topological polar surface area (TPSA) is 75.6 Å². The van der Waals surface area contributed by atoms with Crippen molar-refractivity contribution in [3.05, 3.63) is 35.4 Å². The Hall–Kier alpha value is -2.09. The van der Waals surface area contributed by atoms with Gasteiger partial charge < -0.3 is 15.2 Å². The summed E-state index contributed by atoms with van der Waals surface area (Å²) in [6.07, 6.45) is -4.42. The normalized spacial score (nSPS) is 11.2. The van der Waals surface area contributed by atoms with Crippen LogP contribution in [0.1, 0.15) is 20.7 Å². The third-order valence-electron chi connectivity index (χ3n) is 2.20. The van der Waals surface area contributed by atoms with Crippen LogP contribution < -0.4 is 5.32 Å². The van der Waals surface area contributed by atoms with Crippen LogP contribution in [0.3, 0.4) is 0 Å². The average Bonchev–Trinajstić information content (AvgIpc) is 2.36. The van der Waals surface area contributed by atoms with Crippen molar-refractivity contribution in [3.63, 3.8) is 0 Å². The molecule has 1 aromatic rings. The van der Waals surface area contributed by atoms with Gasteiger partial charge in [0.15, 0.2) is 0 Å². The number of carboxylic acids is 1. The molecule has 2 N–H and O–H groups in total. The minimum absolute atomic E-state index is 0.0594. The number of carbonyl (C=O) groups is 2. The third-order valence-corrected chi connectivity index (χ3v) is 2.20. The van der Waals surface area contributed by atoms with Crippen molar-refractivity contribution >= 4 is 11.9 Å². The second-order valence-electron chi connectivity index (χ2n) is 3.77. The summed E-state index contributed by atoms with van der Waals surface area (Å²) in [4.78, 5) is 22.6. The largest absolute Gasteiger partial charge is 0.478 e. The fourth-order valence-electron chi connectivity index (χ4n) is 1.39. The molecule has 0 aliphatic heterocycles. The fourth-order valence-corrected chi connectivity index (χ4v) is 1.39. The van der Waals surface area contributed by atoms with Crippen molar-refractivity contribution in [1.82, 2.24) is 5.32 Å². The maximum absolute atomic E-state index is 11.8. The lowest BCUT2D eigenvalue weighted by Crippen LogP contribution is -2.30. The number of alkyl halides is 3. The zero-order valence-electron chi connectivity index (χ0n) is 10.2. The van der Waals surface area contributed by atoms with Gasteiger partial charge in [-0.25, -0.2) is 4.79 Å². The SMILES string of the molecule is O=C(O)c1ccccc1C(=O)NCCOCC(F)(F)F. The van der Waals surface area contributed by atoms with Crippen molar-refractivity contribution in [3.8, 4) is 0 Å². The van der Waals surface area contributed by atoms with Crippen molar-refractivity contribution in [2.45, 2.75) is 6.18 Å². The second-order valence-corrected chi connectivity index (χ2v) is 3.77. The minimum atomic E-state index is -4.42. The lowest BCUT2D eigenvalue weighted by atomic mass is 10.1. The molecule has 0 saturated carbocycles. The van der Waals surface area contributed by atoms with Crippen LogP contribution in [0.25, 0.3) is 0 Å². The van der Waals surface area contributed by atoms with Gasteiger partial charge in [-0.05, 0) is 12.1 Å². The molecule has 110 valence electrons. The van der Waals surface area contributed by atoms with E-state index in [1.54, 1.807) is 0 Å². The van der Waals surface area contributed by atoms with Gasteiger partial charge >= 0.3 is 12.1 Å². The lowest BCUT2D eigenvalue weighted by molar-refractivity contribution is -0.173. The number of aromatic carboxylic acids is 1. The van der Waals surface area contributed by atoms with Gasteiger partial charge in [0.1, 0.15) is 6.61 Å². The van der Waals surface area contributed by atoms with E-state index < -0.39 is 24.7 Å². The van der Waals surface area contributed by atoms with Gasteiger partial charge in [0.2, 0.25) is 0 Å². The smallest absolute Gasteiger partial charge is 0.411 e. The van der Waals surface area contributed by atoms with Crippen molar-refractivity contribution < 1.29 is 32.6 Å². The number of ether oxygens (including phenoxy) is 1. The van der Waals surface area contributed by atoms with Crippen LogP contribution in [-0.2, 0) is 4.74 Å². The quantitative estimate of drug-likeness (QED) is 0.782. The molecule has 0 atom stereocenters. The highest BCUT2D eigenvalue weighted by Crippen LogP contribution is 2.14. The van der Waals surface area contributed by atoms with Crippen LogP contribution in [0.5, 0.6) is 0 Å². The summed E-state index contributed by atoms with van der Waals surface area (Å²) in [5, 5.41) is 11.2. The van der Waals surface area contributed by atoms with E-state index in [-0.39, 0.29) is 24.3 Å². The van der Waals surface area contributed by atoms with Crippen molar-refractivity contribution in [2.75, 3.05) is 19.8 Å². The molecule has 0 fully saturated rings. The maximum Gasteiger partial charge on any atom is 0.411 e. The number of rotatable bonds is 6. The number of benzene rings is 1. The van der Waals surface area contributed by atoms with Gasteiger partial charge in [0.25, 0.3) is 5.91 Å². The van der Waals surface area contributed by atoms with Crippen LogP contribution in [0.2, 0.25) is 0 Å². The molecule has 0 aromatic heterocycles. The predicted octanol–water partition coefficient (Wildman–Crippen LogP) is 1.69. The van der Waals surface area contributed by atoms with E-state index in [9.17, 15) is 22.8 Å². The molecule has 0 spiro atoms. The van der Waals surface area contributed by atoms with Gasteiger partial charge in [0.05, 0.1) is 17.7 Å². The van der Waals surface area contributed by atoms with Gasteiger partial charge in [0, 0.05) is 6.54 Å². The molecule has 0 bridgehead atoms. The molecule has 1 amide bonds. The third kappa shape index (κ3) is 5.27. The van der Waals surface area contributed by atoms with Crippen LogP contribution in [0, 0.1) is 0 Å². The zero-order valence-corrected chi connectivity index (χ0v) is 10.2. The first kappa shape index (κ1) is 16.0. The Labute approximate surface area is 112 Å². The Morgan fingerprint density at radius 1 is 1.20 bits per heavy atom. The number of hydrogen-bond donors (Lipinski definition) is 2. The summed E-state index contributed by atoms with van der Waals surface area (Å²) >= 11 is 0. The average molecular weight is 291 g/mol. The monoisotopic (exact) mass is 291 g/mol. The van der Waals surface area contributed by atoms with Gasteiger partial charge in [-0.2, -0.15) is 13.2 Å². The molecule has 1 aromatic carbocycles. The maximum atomic E-state index is 11.8. The number of hydrogen-bond acceptors (Lipinski definition) is 3. The van der Waals surface area contributed by atoms with E-state index in [1.165, 1.54) is 24.3 Å². The zero-order chi connectivity index (χ0) is 15.2. The lowest BCUT2D eigenvalue weighted by Gasteiger charge is -2.09. The van der Waals surface area contributed by atoms with Gasteiger partial charge in [-0.1, -0.05) is 12.1 Å². The molecule has 0 aliphatic carbocycles. The fraction of sp³-hybridized carbons (Fsp3) is 0.333. The standard InChI is InChI=1S/C12H12F3NO4/c13-12(14,15)7-20-6-5-16-10(17)8-3-1-2-4-9(8)11(18)19/h1-4H,5-7H2,(H,16,17)(H,18,19). The highest BCUT2D eigenvalue weighted by atomic mass is 19.4. The Morgan fingerprint density at radius 3 is 2.35 bits per heavy atom. The summed E-state index contributed by atoms with van der Waals surface area (Å²) in [5.74, 6) is -1.94. The molecule has 0 saturated heterocycles. The van der Waals surface area contributed by atoms with E-state index in [4.69, 9.17) is 5.11 Å². The molecule has 0 aliphatic rings. The molecule has 5 nitrogen and oxygen atoms in total. The Morgan fingerprint density at radius 2 is 1.80 bits per heavy atom. The molecule has 8 heteroatoms. The Kier molecular flexibility index (Phi) is 5.51. The van der Waals surface area contributed by atoms with Crippen LogP contribution >= 0.6 is 0 Å². The van der Waals surface area contributed by atoms with Crippen LogP contribution in [0.4, 0.5) is 13.2 Å². The molecule has 0 radical (unpaired) electrons. The minimum Gasteiger partial charge on any atom is -0.478 e. The number of carboxylic acid groups (broad SMARTS) is 1. The van der Waals surface area contributed by atoms with Gasteiger partial charge in [-0.15, -0.1) is 0 Å². The van der Waals surface area contributed by atoms with Crippen LogP contribution in [0.15, 0.2) is 24.3 Å². The first-order chi connectivity index (χ1) is 9.31. The first-order valence-electron chi connectivity index (χ1n) is 5.56. The van der Waals surface area contributed by atoms with E-state index in [2.05, 4.69) is 10.1 Å². The number of amides is 1. The number of nitrogens with one attached hydrogen (secondary N) is 1. The summed E-state index contributed by atoms with van der Waals surface area (Å²) in [6.45, 7) is -1.86. The Balaban J connectivity index is 2.46. The first-order valence-corrected chi connectivity index (χ1v) is 5.56. The molecule has 1 rings (SSSR count). The second kappa shape index (κ2) is 6.90. The predicted molar refractivity (Wildman–Crippen MR) is 62.6 cm³/mol. The number of halogens is 3. The van der Waals surface area contributed by atoms with Gasteiger partial charge in [-0.3, -0.25) is 4.79 Å². The molecular formula is C12H12F3NO4. The highest BCUT2D eigenvalue weighted by Gasteiger charge is 2.27. The summed E-state index contributed by atoms with van der Waals surface area (Å²) in [5.41, 5.74) is -0.239.